The molecule has 0 fully saturated rings. The Kier molecular flexibility index (Phi) is 4.18. The van der Waals surface area contributed by atoms with Crippen molar-refractivity contribution in [2.24, 2.45) is 0 Å². The zero-order valence-electron chi connectivity index (χ0n) is 11.1. The highest BCUT2D eigenvalue weighted by atomic mass is 16.5. The summed E-state index contributed by atoms with van der Waals surface area (Å²) >= 11 is 0. The van der Waals surface area contributed by atoms with Gasteiger partial charge in [0.15, 0.2) is 0 Å². The van der Waals surface area contributed by atoms with Gasteiger partial charge in [-0.1, -0.05) is 12.1 Å². The van der Waals surface area contributed by atoms with Gasteiger partial charge in [0.1, 0.15) is 11.6 Å². The van der Waals surface area contributed by atoms with E-state index in [9.17, 15) is 4.79 Å². The van der Waals surface area contributed by atoms with Gasteiger partial charge in [-0.3, -0.25) is 4.79 Å². The van der Waals surface area contributed by atoms with E-state index in [4.69, 9.17) is 4.74 Å². The van der Waals surface area contributed by atoms with Crippen LogP contribution in [-0.4, -0.2) is 31.1 Å². The lowest BCUT2D eigenvalue weighted by Crippen LogP contribution is -2.29. The number of pyridine rings is 1. The predicted molar refractivity (Wildman–Crippen MR) is 75.5 cm³/mol. The number of methoxy groups -OCH3 is 1. The van der Waals surface area contributed by atoms with Crippen molar-refractivity contribution in [2.45, 2.75) is 6.92 Å². The van der Waals surface area contributed by atoms with Crippen LogP contribution in [0.5, 0.6) is 5.75 Å². The summed E-state index contributed by atoms with van der Waals surface area (Å²) in [6.07, 6.45) is 1.70. The number of aromatic nitrogens is 1. The lowest BCUT2D eigenvalue weighted by atomic mass is 10.1. The van der Waals surface area contributed by atoms with Crippen molar-refractivity contribution in [1.29, 1.82) is 0 Å². The summed E-state index contributed by atoms with van der Waals surface area (Å²) in [6.45, 7) is 2.72. The number of hydrogen-bond donors (Lipinski definition) is 2. The number of benzene rings is 1. The van der Waals surface area contributed by atoms with Crippen LogP contribution in [0.4, 0.5) is 5.82 Å². The molecule has 0 saturated heterocycles. The van der Waals surface area contributed by atoms with Gasteiger partial charge in [0.2, 0.25) is 5.91 Å². The maximum absolute atomic E-state index is 11.4. The number of anilines is 1. The number of fused-ring (bicyclic) bond motifs is 1. The van der Waals surface area contributed by atoms with Gasteiger partial charge in [-0.05, 0) is 19.1 Å². The van der Waals surface area contributed by atoms with E-state index in [0.29, 0.717) is 12.4 Å². The lowest BCUT2D eigenvalue weighted by Gasteiger charge is -2.10. The molecule has 1 heterocycles. The third-order valence-corrected chi connectivity index (χ3v) is 2.78. The Morgan fingerprint density at radius 2 is 2.16 bits per heavy atom. The van der Waals surface area contributed by atoms with Crippen molar-refractivity contribution in [1.82, 2.24) is 10.3 Å². The third-order valence-electron chi connectivity index (χ3n) is 2.78. The zero-order valence-corrected chi connectivity index (χ0v) is 11.1. The number of likely N-dealkylation sites (N-methyl/N-ethyl adjacent to an activating group) is 1. The Labute approximate surface area is 112 Å². The average Bonchev–Trinajstić information content (AvgIpc) is 2.44. The molecule has 0 spiro atoms. The Morgan fingerprint density at radius 3 is 2.89 bits per heavy atom. The minimum absolute atomic E-state index is 0.0517. The number of hydrogen-bond acceptors (Lipinski definition) is 4. The molecule has 1 amide bonds. The molecular formula is C14H17N3O2. The molecule has 5 heteroatoms. The van der Waals surface area contributed by atoms with E-state index in [2.05, 4.69) is 15.6 Å². The van der Waals surface area contributed by atoms with Crippen LogP contribution in [0.1, 0.15) is 6.92 Å². The van der Waals surface area contributed by atoms with Gasteiger partial charge in [-0.15, -0.1) is 0 Å². The van der Waals surface area contributed by atoms with Crippen LogP contribution in [0.3, 0.4) is 0 Å². The Bertz CT molecular complexity index is 584. The van der Waals surface area contributed by atoms with Gasteiger partial charge < -0.3 is 15.4 Å². The summed E-state index contributed by atoms with van der Waals surface area (Å²) in [6, 6.07) is 7.65. The topological polar surface area (TPSA) is 63.2 Å². The fourth-order valence-corrected chi connectivity index (χ4v) is 1.92. The molecule has 2 rings (SSSR count). The maximum atomic E-state index is 11.4. The first-order chi connectivity index (χ1) is 9.26. The fraction of sp³-hybridized carbons (Fsp3) is 0.286. The highest BCUT2D eigenvalue weighted by molar-refractivity contribution is 5.96. The van der Waals surface area contributed by atoms with Crippen LogP contribution in [0.25, 0.3) is 10.8 Å². The van der Waals surface area contributed by atoms with Crippen LogP contribution in [0.15, 0.2) is 30.5 Å². The molecular weight excluding hydrogens is 242 g/mol. The summed E-state index contributed by atoms with van der Waals surface area (Å²) in [4.78, 5) is 15.7. The van der Waals surface area contributed by atoms with Crippen molar-refractivity contribution >= 4 is 22.5 Å². The van der Waals surface area contributed by atoms with Gasteiger partial charge in [0.05, 0.1) is 13.7 Å². The van der Waals surface area contributed by atoms with Crippen LogP contribution < -0.4 is 15.4 Å². The summed E-state index contributed by atoms with van der Waals surface area (Å²) in [5, 5.41) is 7.68. The molecule has 1 aromatic carbocycles. The quantitative estimate of drug-likeness (QED) is 0.859. The van der Waals surface area contributed by atoms with E-state index in [1.807, 2.05) is 31.2 Å². The molecule has 0 unspecified atom stereocenters. The third kappa shape index (κ3) is 2.93. The second-order valence-corrected chi connectivity index (χ2v) is 4.02. The highest BCUT2D eigenvalue weighted by Crippen LogP contribution is 2.28. The molecule has 2 aromatic rings. The number of carbonyl (C=O) groups excluding carboxylic acids is 1. The van der Waals surface area contributed by atoms with E-state index in [0.717, 1.165) is 16.5 Å². The molecule has 0 atom stereocenters. The van der Waals surface area contributed by atoms with Crippen LogP contribution in [0.2, 0.25) is 0 Å². The zero-order chi connectivity index (χ0) is 13.7. The van der Waals surface area contributed by atoms with Gasteiger partial charge in [-0.2, -0.15) is 0 Å². The summed E-state index contributed by atoms with van der Waals surface area (Å²) < 4.78 is 5.31. The Hall–Kier alpha value is -2.30. The molecule has 0 saturated carbocycles. The first-order valence-electron chi connectivity index (χ1n) is 6.18. The molecule has 5 nitrogen and oxygen atoms in total. The minimum Gasteiger partial charge on any atom is -0.496 e. The number of nitrogens with zero attached hydrogens (tertiary/aromatic N) is 1. The Morgan fingerprint density at radius 1 is 1.32 bits per heavy atom. The van der Waals surface area contributed by atoms with E-state index in [1.165, 1.54) is 0 Å². The maximum Gasteiger partial charge on any atom is 0.239 e. The van der Waals surface area contributed by atoms with Gasteiger partial charge in [-0.25, -0.2) is 4.98 Å². The van der Waals surface area contributed by atoms with Crippen molar-refractivity contribution in [3.63, 3.8) is 0 Å². The number of amides is 1. The van der Waals surface area contributed by atoms with Crippen molar-refractivity contribution in [2.75, 3.05) is 25.5 Å². The normalized spacial score (nSPS) is 10.2. The molecule has 0 aliphatic carbocycles. The first kappa shape index (κ1) is 13.1. The standard InChI is InChI=1S/C14H17N3O2/c1-3-15-13(18)9-17-14-11-5-4-6-12(19-2)10(11)7-8-16-14/h4-8H,3,9H2,1-2H3,(H,15,18)(H,16,17). The molecule has 0 aliphatic heterocycles. The van der Waals surface area contributed by atoms with E-state index >= 15 is 0 Å². The van der Waals surface area contributed by atoms with Crippen molar-refractivity contribution in [3.05, 3.63) is 30.5 Å². The van der Waals surface area contributed by atoms with Crippen molar-refractivity contribution < 1.29 is 9.53 Å². The lowest BCUT2D eigenvalue weighted by molar-refractivity contribution is -0.119. The number of rotatable bonds is 5. The van der Waals surface area contributed by atoms with E-state index in [1.54, 1.807) is 13.3 Å². The predicted octanol–water partition coefficient (Wildman–Crippen LogP) is 1.79. The second-order valence-electron chi connectivity index (χ2n) is 4.02. The summed E-state index contributed by atoms with van der Waals surface area (Å²) in [7, 11) is 1.64. The Balaban J connectivity index is 2.26. The highest BCUT2D eigenvalue weighted by Gasteiger charge is 2.07. The molecule has 100 valence electrons. The monoisotopic (exact) mass is 259 g/mol. The smallest absolute Gasteiger partial charge is 0.239 e. The van der Waals surface area contributed by atoms with Crippen LogP contribution in [-0.2, 0) is 4.79 Å². The summed E-state index contributed by atoms with van der Waals surface area (Å²) in [5.74, 6) is 1.42. The van der Waals surface area contributed by atoms with E-state index < -0.39 is 0 Å². The number of ether oxygens (including phenoxy) is 1. The molecule has 1 aromatic heterocycles. The molecule has 0 aliphatic rings. The van der Waals surface area contributed by atoms with Crippen LogP contribution in [0, 0.1) is 0 Å². The minimum atomic E-state index is -0.0517. The van der Waals surface area contributed by atoms with Gasteiger partial charge in [0, 0.05) is 23.5 Å². The van der Waals surface area contributed by atoms with Gasteiger partial charge >= 0.3 is 0 Å². The molecule has 0 radical (unpaired) electrons. The largest absolute Gasteiger partial charge is 0.496 e. The molecule has 0 bridgehead atoms. The van der Waals surface area contributed by atoms with Gasteiger partial charge in [0.25, 0.3) is 0 Å². The van der Waals surface area contributed by atoms with E-state index in [-0.39, 0.29) is 12.5 Å². The van der Waals surface area contributed by atoms with Crippen molar-refractivity contribution in [3.8, 4) is 5.75 Å². The second kappa shape index (κ2) is 6.04. The SMILES string of the molecule is CCNC(=O)CNc1nccc2c(OC)cccc12. The first-order valence-corrected chi connectivity index (χ1v) is 6.18. The summed E-state index contributed by atoms with van der Waals surface area (Å²) in [5.41, 5.74) is 0. The fourth-order valence-electron chi connectivity index (χ4n) is 1.92. The number of carbonyl (C=O) groups is 1. The molecule has 19 heavy (non-hydrogen) atoms. The molecule has 2 N–H and O–H groups in total. The average molecular weight is 259 g/mol. The number of nitrogens with one attached hydrogen (secondary N) is 2. The van der Waals surface area contributed by atoms with Crippen LogP contribution >= 0.6 is 0 Å².